The quantitative estimate of drug-likeness (QED) is 0.476. The van der Waals surface area contributed by atoms with Crippen molar-refractivity contribution in [1.82, 2.24) is 0 Å². The van der Waals surface area contributed by atoms with Crippen LogP contribution in [0.2, 0.25) is 0 Å². The summed E-state index contributed by atoms with van der Waals surface area (Å²) in [4.78, 5) is 22.9. The van der Waals surface area contributed by atoms with Crippen molar-refractivity contribution in [2.24, 2.45) is 17.4 Å². The van der Waals surface area contributed by atoms with Crippen LogP contribution in [0.5, 0.6) is 0 Å². The van der Waals surface area contributed by atoms with Gasteiger partial charge in [-0.2, -0.15) is 13.2 Å². The number of hydrogen-bond acceptors (Lipinski definition) is 3. The van der Waals surface area contributed by atoms with Gasteiger partial charge in [-0.3, -0.25) is 16.3 Å². The van der Waals surface area contributed by atoms with Gasteiger partial charge in [-0.25, -0.2) is 4.99 Å². The highest BCUT2D eigenvalue weighted by atomic mass is 19.4. The fraction of sp³-hybridized carbons (Fsp3) is 0.438. The molecule has 138 valence electrons. The number of amides is 1. The lowest BCUT2D eigenvalue weighted by Gasteiger charge is -2.06. The smallest absolute Gasteiger partial charge is 0.430 e. The van der Waals surface area contributed by atoms with Crippen LogP contribution in [-0.4, -0.2) is 24.0 Å². The molecule has 2 rings (SSSR count). The number of nitrogens with one attached hydrogen (secondary N) is 1. The second kappa shape index (κ2) is 8.00. The third-order valence-electron chi connectivity index (χ3n) is 3.66. The molecule has 0 heterocycles. The molecule has 1 aromatic rings. The number of nitrogens with two attached hydrogens (primary N) is 2. The van der Waals surface area contributed by atoms with Crippen LogP contribution in [0.15, 0.2) is 24.3 Å². The molecule has 0 aromatic heterocycles. The first-order valence-electron chi connectivity index (χ1n) is 7.50. The number of carbonyl (C=O) groups is 2. The Kier molecular flexibility index (Phi) is 6.55. The maximum absolute atomic E-state index is 11.7. The summed E-state index contributed by atoms with van der Waals surface area (Å²) in [6.07, 6.45) is -4.32. The van der Waals surface area contributed by atoms with E-state index in [2.05, 4.69) is 43.1 Å². The molecule has 1 fully saturated rings. The zero-order valence-electron chi connectivity index (χ0n) is 13.8. The van der Waals surface area contributed by atoms with Crippen molar-refractivity contribution < 1.29 is 32.9 Å². The van der Waals surface area contributed by atoms with Crippen LogP contribution in [0, 0.1) is 5.92 Å². The van der Waals surface area contributed by atoms with Gasteiger partial charge in [0, 0.05) is 0 Å². The summed E-state index contributed by atoms with van der Waals surface area (Å²) < 4.78 is 31.5. The van der Waals surface area contributed by atoms with E-state index in [0.29, 0.717) is 11.8 Å². The van der Waals surface area contributed by atoms with E-state index in [1.807, 2.05) is 0 Å². The van der Waals surface area contributed by atoms with Crippen LogP contribution in [-0.2, 0) is 9.59 Å². The second-order valence-corrected chi connectivity index (χ2v) is 6.00. The lowest BCUT2D eigenvalue weighted by Crippen LogP contribution is -2.82. The molecule has 0 saturated heterocycles. The number of carboxylic acid groups (broad SMARTS) is 1. The first kappa shape index (κ1) is 20.5. The van der Waals surface area contributed by atoms with E-state index in [1.165, 1.54) is 11.1 Å². The van der Waals surface area contributed by atoms with Crippen LogP contribution in [0.25, 0.3) is 0 Å². The Morgan fingerprint density at radius 2 is 1.68 bits per heavy atom. The van der Waals surface area contributed by atoms with E-state index in [-0.39, 0.29) is 17.8 Å². The van der Waals surface area contributed by atoms with Crippen LogP contribution >= 0.6 is 0 Å². The summed E-state index contributed by atoms with van der Waals surface area (Å²) in [6.45, 7) is 4.34. The fourth-order valence-electron chi connectivity index (χ4n) is 2.22. The summed E-state index contributed by atoms with van der Waals surface area (Å²) in [5.41, 5.74) is 13.1. The maximum atomic E-state index is 11.7. The third kappa shape index (κ3) is 6.44. The highest BCUT2D eigenvalue weighted by Gasteiger charge is 2.44. The Labute approximate surface area is 142 Å². The molecule has 1 aliphatic carbocycles. The summed E-state index contributed by atoms with van der Waals surface area (Å²) >= 11 is 0. The summed E-state index contributed by atoms with van der Waals surface area (Å²) in [7, 11) is 0. The number of alkyl halides is 3. The van der Waals surface area contributed by atoms with Gasteiger partial charge in [0.2, 0.25) is 0 Å². The molecule has 25 heavy (non-hydrogen) atoms. The average molecular weight is 359 g/mol. The molecule has 0 bridgehead atoms. The lowest BCUT2D eigenvalue weighted by molar-refractivity contribution is -0.381. The van der Waals surface area contributed by atoms with E-state index < -0.39 is 12.1 Å². The molecule has 1 aromatic carbocycles. The number of hydrogen-bond donors (Lipinski definition) is 3. The average Bonchev–Trinajstić information content (AvgIpc) is 3.26. The van der Waals surface area contributed by atoms with E-state index in [4.69, 9.17) is 21.4 Å². The molecule has 1 saturated carbocycles. The minimum absolute atomic E-state index is 0.0111. The molecule has 5 N–H and O–H groups in total. The van der Waals surface area contributed by atoms with Gasteiger partial charge in [0.1, 0.15) is 5.97 Å². The molecule has 0 radical (unpaired) electrons. The molecule has 0 aliphatic heterocycles. The van der Waals surface area contributed by atoms with Crippen molar-refractivity contribution in [2.75, 3.05) is 0 Å². The Hall–Kier alpha value is -2.58. The van der Waals surface area contributed by atoms with E-state index in [1.54, 1.807) is 0 Å². The van der Waals surface area contributed by atoms with Crippen molar-refractivity contribution >= 4 is 17.8 Å². The molecule has 1 amide bonds. The minimum atomic E-state index is -5.19. The Morgan fingerprint density at radius 1 is 1.20 bits per heavy atom. The molecule has 1 aliphatic rings. The topological polar surface area (TPSA) is 123 Å². The number of carbonyl (C=O) groups excluding carboxylic acids is 2. The third-order valence-corrected chi connectivity index (χ3v) is 3.66. The standard InChI is InChI=1S/C14H19N3O.C2HF3O2/c1-8(2)9-3-5-10(6-4-9)11-7-12(11)13(18)17-14(15)16;3-2(4,5)1(6)7/h3-6,8,11-12H,7H2,1-2H3,(H4,15,16,17,18);(H,6,7)/t11-,12+;/m1./s1. The van der Waals surface area contributed by atoms with Crippen molar-refractivity contribution in [3.8, 4) is 0 Å². The zero-order chi connectivity index (χ0) is 19.4. The van der Waals surface area contributed by atoms with Crippen molar-refractivity contribution in [1.29, 1.82) is 0 Å². The molecule has 2 atom stereocenters. The second-order valence-electron chi connectivity index (χ2n) is 6.00. The number of benzene rings is 1. The van der Waals surface area contributed by atoms with Crippen molar-refractivity contribution in [2.45, 2.75) is 38.3 Å². The van der Waals surface area contributed by atoms with Gasteiger partial charge in [0.25, 0.3) is 5.91 Å². The van der Waals surface area contributed by atoms with Gasteiger partial charge in [0.15, 0.2) is 0 Å². The highest BCUT2D eigenvalue weighted by molar-refractivity contribution is 5.80. The first-order valence-corrected chi connectivity index (χ1v) is 7.50. The molecule has 0 spiro atoms. The van der Waals surface area contributed by atoms with Gasteiger partial charge in [-0.15, -0.1) is 0 Å². The number of aliphatic carboxylic acids is 1. The summed E-state index contributed by atoms with van der Waals surface area (Å²) in [6, 6.07) is 8.50. The van der Waals surface area contributed by atoms with E-state index in [9.17, 15) is 18.0 Å². The van der Waals surface area contributed by atoms with Crippen LogP contribution in [0.3, 0.4) is 0 Å². The van der Waals surface area contributed by atoms with E-state index >= 15 is 0 Å². The fourth-order valence-corrected chi connectivity index (χ4v) is 2.22. The summed E-state index contributed by atoms with van der Waals surface area (Å²) in [5.74, 6) is -2.26. The predicted molar refractivity (Wildman–Crippen MR) is 81.8 cm³/mol. The molecule has 0 unspecified atom stereocenters. The number of rotatable bonds is 3. The van der Waals surface area contributed by atoms with Crippen LogP contribution < -0.4 is 21.6 Å². The van der Waals surface area contributed by atoms with Gasteiger partial charge >= 0.3 is 12.1 Å². The van der Waals surface area contributed by atoms with E-state index in [0.717, 1.165) is 6.42 Å². The Balaban J connectivity index is 0.000000381. The van der Waals surface area contributed by atoms with Gasteiger partial charge in [0.05, 0.1) is 5.92 Å². The van der Waals surface area contributed by atoms with Crippen molar-refractivity contribution in [3.63, 3.8) is 0 Å². The maximum Gasteiger partial charge on any atom is 0.430 e. The largest absolute Gasteiger partial charge is 0.542 e. The molecular formula is C16H20F3N3O3. The summed E-state index contributed by atoms with van der Waals surface area (Å²) in [5, 5.41) is 8.78. The highest BCUT2D eigenvalue weighted by Crippen LogP contribution is 2.46. The molecule has 9 heteroatoms. The Morgan fingerprint density at radius 3 is 2.04 bits per heavy atom. The lowest BCUT2D eigenvalue weighted by atomic mass is 10.00. The van der Waals surface area contributed by atoms with Crippen LogP contribution in [0.4, 0.5) is 13.2 Å². The molecular weight excluding hydrogens is 339 g/mol. The van der Waals surface area contributed by atoms with Gasteiger partial charge < -0.3 is 9.90 Å². The predicted octanol–water partition coefficient (Wildman–Crippen LogP) is -0.907. The van der Waals surface area contributed by atoms with Crippen molar-refractivity contribution in [3.05, 3.63) is 35.4 Å². The minimum Gasteiger partial charge on any atom is -0.542 e. The number of halogens is 3. The SMILES string of the molecule is CC(C)c1ccc([C@H]2C[C@@H]2C(=O)[NH+]=C(N)N)cc1.O=C([O-])C(F)(F)F. The number of guanidine groups is 1. The first-order chi connectivity index (χ1) is 11.4. The monoisotopic (exact) mass is 359 g/mol. The zero-order valence-corrected chi connectivity index (χ0v) is 13.8. The number of carboxylic acids is 1. The Bertz CT molecular complexity index is 651. The molecule has 6 nitrogen and oxygen atoms in total. The van der Waals surface area contributed by atoms with Gasteiger partial charge in [-0.1, -0.05) is 38.1 Å². The van der Waals surface area contributed by atoms with Crippen LogP contribution in [0.1, 0.15) is 43.2 Å². The van der Waals surface area contributed by atoms with Gasteiger partial charge in [-0.05, 0) is 29.4 Å². The normalized spacial score (nSPS) is 18.8.